The number of nitrogens with zero attached hydrogens (tertiary/aromatic N) is 1. The molecule has 0 aliphatic heterocycles. The van der Waals surface area contributed by atoms with Crippen LogP contribution in [0.3, 0.4) is 0 Å². The third-order valence-electron chi connectivity index (χ3n) is 2.99. The number of rotatable bonds is 5. The Morgan fingerprint density at radius 2 is 1.88 bits per heavy atom. The first kappa shape index (κ1) is 14.2. The molecule has 0 heterocycles. The molecule has 1 amide bonds. The van der Waals surface area contributed by atoms with Crippen LogP contribution in [0.2, 0.25) is 0 Å². The summed E-state index contributed by atoms with van der Waals surface area (Å²) < 4.78 is 0.999. The monoisotopic (exact) mass is 297 g/mol. The van der Waals surface area contributed by atoms with Crippen molar-refractivity contribution in [3.05, 3.63) is 34.3 Å². The molecule has 94 valence electrons. The van der Waals surface area contributed by atoms with Crippen LogP contribution in [-0.2, 0) is 0 Å². The molecule has 0 spiro atoms. The van der Waals surface area contributed by atoms with Crippen LogP contribution in [0.25, 0.3) is 0 Å². The maximum absolute atomic E-state index is 12.2. The van der Waals surface area contributed by atoms with E-state index < -0.39 is 0 Å². The molecule has 1 rings (SSSR count). The lowest BCUT2D eigenvalue weighted by Crippen LogP contribution is -2.34. The van der Waals surface area contributed by atoms with Gasteiger partial charge >= 0.3 is 0 Å². The SMILES string of the molecule is CCC(C)CN(CC)C(=O)c1ccc(Br)cc1. The highest BCUT2D eigenvalue weighted by Crippen LogP contribution is 2.13. The van der Waals surface area contributed by atoms with E-state index in [4.69, 9.17) is 0 Å². The number of hydrogen-bond donors (Lipinski definition) is 0. The molecule has 0 fully saturated rings. The molecule has 0 aliphatic carbocycles. The Morgan fingerprint density at radius 3 is 2.35 bits per heavy atom. The first-order valence-electron chi connectivity index (χ1n) is 6.13. The van der Waals surface area contributed by atoms with Crippen molar-refractivity contribution in [1.82, 2.24) is 4.90 Å². The fourth-order valence-corrected chi connectivity index (χ4v) is 1.90. The number of carbonyl (C=O) groups is 1. The predicted octanol–water partition coefficient (Wildman–Crippen LogP) is 3.96. The molecule has 1 aromatic rings. The molecule has 0 aliphatic rings. The molecule has 0 bridgehead atoms. The number of amides is 1. The van der Waals surface area contributed by atoms with Crippen molar-refractivity contribution in [2.75, 3.05) is 13.1 Å². The van der Waals surface area contributed by atoms with Gasteiger partial charge in [-0.1, -0.05) is 36.2 Å². The zero-order valence-corrected chi connectivity index (χ0v) is 12.3. The maximum Gasteiger partial charge on any atom is 0.253 e. The van der Waals surface area contributed by atoms with Crippen molar-refractivity contribution in [2.45, 2.75) is 27.2 Å². The van der Waals surface area contributed by atoms with Gasteiger partial charge in [0.2, 0.25) is 0 Å². The quantitative estimate of drug-likeness (QED) is 0.806. The van der Waals surface area contributed by atoms with E-state index in [1.54, 1.807) is 0 Å². The van der Waals surface area contributed by atoms with Crippen LogP contribution in [0.5, 0.6) is 0 Å². The zero-order chi connectivity index (χ0) is 12.8. The predicted molar refractivity (Wildman–Crippen MR) is 75.2 cm³/mol. The summed E-state index contributed by atoms with van der Waals surface area (Å²) in [6, 6.07) is 7.55. The summed E-state index contributed by atoms with van der Waals surface area (Å²) in [6.45, 7) is 7.96. The number of benzene rings is 1. The maximum atomic E-state index is 12.2. The van der Waals surface area contributed by atoms with Gasteiger partial charge in [0.05, 0.1) is 0 Å². The molecule has 2 nitrogen and oxygen atoms in total. The lowest BCUT2D eigenvalue weighted by molar-refractivity contribution is 0.0741. The van der Waals surface area contributed by atoms with Crippen LogP contribution < -0.4 is 0 Å². The van der Waals surface area contributed by atoms with Crippen LogP contribution in [0, 0.1) is 5.92 Å². The standard InChI is InChI=1S/C14H20BrNO/c1-4-11(3)10-16(5-2)14(17)12-6-8-13(15)9-7-12/h6-9,11H,4-5,10H2,1-3H3. The Labute approximate surface area is 112 Å². The smallest absolute Gasteiger partial charge is 0.253 e. The molecule has 0 radical (unpaired) electrons. The first-order valence-corrected chi connectivity index (χ1v) is 6.92. The minimum absolute atomic E-state index is 0.125. The Kier molecular flexibility index (Phi) is 5.69. The Bertz CT molecular complexity index is 361. The van der Waals surface area contributed by atoms with E-state index in [2.05, 4.69) is 29.8 Å². The van der Waals surface area contributed by atoms with E-state index in [1.807, 2.05) is 36.1 Å². The van der Waals surface area contributed by atoms with Crippen molar-refractivity contribution in [3.8, 4) is 0 Å². The minimum atomic E-state index is 0.125. The van der Waals surface area contributed by atoms with Crippen molar-refractivity contribution in [3.63, 3.8) is 0 Å². The van der Waals surface area contributed by atoms with Crippen molar-refractivity contribution >= 4 is 21.8 Å². The van der Waals surface area contributed by atoms with E-state index in [9.17, 15) is 4.79 Å². The summed E-state index contributed by atoms with van der Waals surface area (Å²) in [7, 11) is 0. The molecule has 0 saturated carbocycles. The highest BCUT2D eigenvalue weighted by Gasteiger charge is 2.15. The van der Waals surface area contributed by atoms with Gasteiger partial charge in [-0.2, -0.15) is 0 Å². The lowest BCUT2D eigenvalue weighted by atomic mass is 10.1. The molecule has 1 unspecified atom stereocenters. The summed E-state index contributed by atoms with van der Waals surface area (Å²) in [5, 5.41) is 0. The highest BCUT2D eigenvalue weighted by molar-refractivity contribution is 9.10. The van der Waals surface area contributed by atoms with Gasteiger partial charge in [0.1, 0.15) is 0 Å². The second-order valence-corrected chi connectivity index (χ2v) is 5.28. The number of hydrogen-bond acceptors (Lipinski definition) is 1. The Balaban J connectivity index is 2.75. The summed E-state index contributed by atoms with van der Waals surface area (Å²) in [5.41, 5.74) is 0.762. The van der Waals surface area contributed by atoms with Gasteiger partial charge in [0.15, 0.2) is 0 Å². The summed E-state index contributed by atoms with van der Waals surface area (Å²) in [5.74, 6) is 0.676. The van der Waals surface area contributed by atoms with Gasteiger partial charge in [-0.25, -0.2) is 0 Å². The van der Waals surface area contributed by atoms with Gasteiger partial charge < -0.3 is 4.90 Å². The molecule has 3 heteroatoms. The van der Waals surface area contributed by atoms with Crippen molar-refractivity contribution < 1.29 is 4.79 Å². The van der Waals surface area contributed by atoms with E-state index in [-0.39, 0.29) is 5.91 Å². The lowest BCUT2D eigenvalue weighted by Gasteiger charge is -2.24. The summed E-state index contributed by atoms with van der Waals surface area (Å²) in [4.78, 5) is 14.2. The van der Waals surface area contributed by atoms with Crippen LogP contribution in [0.15, 0.2) is 28.7 Å². The van der Waals surface area contributed by atoms with Gasteiger partial charge in [-0.05, 0) is 37.1 Å². The van der Waals surface area contributed by atoms with Crippen molar-refractivity contribution in [2.24, 2.45) is 5.92 Å². The molecule has 0 aromatic heterocycles. The molecule has 1 aromatic carbocycles. The second-order valence-electron chi connectivity index (χ2n) is 4.36. The average Bonchev–Trinajstić information content (AvgIpc) is 2.35. The third kappa shape index (κ3) is 4.15. The molecule has 0 N–H and O–H groups in total. The van der Waals surface area contributed by atoms with E-state index in [1.165, 1.54) is 0 Å². The molecule has 17 heavy (non-hydrogen) atoms. The van der Waals surface area contributed by atoms with Crippen LogP contribution in [-0.4, -0.2) is 23.9 Å². The van der Waals surface area contributed by atoms with Crippen molar-refractivity contribution in [1.29, 1.82) is 0 Å². The number of halogens is 1. The Morgan fingerprint density at radius 1 is 1.29 bits per heavy atom. The third-order valence-corrected chi connectivity index (χ3v) is 3.52. The summed E-state index contributed by atoms with van der Waals surface area (Å²) >= 11 is 3.38. The molecular formula is C14H20BrNO. The van der Waals surface area contributed by atoms with E-state index >= 15 is 0 Å². The topological polar surface area (TPSA) is 20.3 Å². The minimum Gasteiger partial charge on any atom is -0.339 e. The molecular weight excluding hydrogens is 278 g/mol. The van der Waals surface area contributed by atoms with Crippen LogP contribution in [0.1, 0.15) is 37.6 Å². The normalized spacial score (nSPS) is 12.2. The van der Waals surface area contributed by atoms with E-state index in [0.29, 0.717) is 5.92 Å². The van der Waals surface area contributed by atoms with Gasteiger partial charge in [0, 0.05) is 23.1 Å². The fraction of sp³-hybridized carbons (Fsp3) is 0.500. The average molecular weight is 298 g/mol. The fourth-order valence-electron chi connectivity index (χ4n) is 1.64. The van der Waals surface area contributed by atoms with Gasteiger partial charge in [0.25, 0.3) is 5.91 Å². The highest BCUT2D eigenvalue weighted by atomic mass is 79.9. The number of carbonyl (C=O) groups excluding carboxylic acids is 1. The molecule has 1 atom stereocenters. The van der Waals surface area contributed by atoms with Gasteiger partial charge in [-0.3, -0.25) is 4.79 Å². The van der Waals surface area contributed by atoms with Crippen LogP contribution in [0.4, 0.5) is 0 Å². The van der Waals surface area contributed by atoms with Crippen LogP contribution >= 0.6 is 15.9 Å². The largest absolute Gasteiger partial charge is 0.339 e. The molecule has 0 saturated heterocycles. The Hall–Kier alpha value is -0.830. The second kappa shape index (κ2) is 6.80. The first-order chi connectivity index (χ1) is 8.08. The van der Waals surface area contributed by atoms with Gasteiger partial charge in [-0.15, -0.1) is 0 Å². The van der Waals surface area contributed by atoms with E-state index in [0.717, 1.165) is 29.5 Å². The zero-order valence-electron chi connectivity index (χ0n) is 10.7. The summed E-state index contributed by atoms with van der Waals surface area (Å²) in [6.07, 6.45) is 1.10.